The average molecular weight is 395 g/mol. The monoisotopic (exact) mass is 394 g/mol. The molecule has 28 heavy (non-hydrogen) atoms. The third-order valence-electron chi connectivity index (χ3n) is 5.39. The molecule has 0 N–H and O–H groups in total. The number of aryl methyl sites for hydroxylation is 1. The fourth-order valence-electron chi connectivity index (χ4n) is 3.85. The topological polar surface area (TPSA) is 42.4 Å². The SMILES string of the molecule is CCOc1ccccc1CCC(=O)N1CCC(c2nc3ccccc3s2)CC1. The minimum atomic E-state index is 0.244. The Hall–Kier alpha value is -2.40. The molecule has 0 atom stereocenters. The molecule has 1 saturated heterocycles. The molecule has 0 spiro atoms. The first kappa shape index (κ1) is 18.9. The van der Waals surface area contributed by atoms with E-state index in [0.29, 0.717) is 18.9 Å². The van der Waals surface area contributed by atoms with Crippen molar-refractivity contribution in [2.24, 2.45) is 0 Å². The number of thiazole rings is 1. The number of carbonyl (C=O) groups excluding carboxylic acids is 1. The van der Waals surface area contributed by atoms with Crippen LogP contribution in [0.15, 0.2) is 48.5 Å². The van der Waals surface area contributed by atoms with Gasteiger partial charge in [-0.05, 0) is 49.9 Å². The Balaban J connectivity index is 1.31. The number of fused-ring (bicyclic) bond motifs is 1. The zero-order valence-corrected chi connectivity index (χ0v) is 17.1. The highest BCUT2D eigenvalue weighted by molar-refractivity contribution is 7.18. The third-order valence-corrected chi connectivity index (χ3v) is 6.59. The summed E-state index contributed by atoms with van der Waals surface area (Å²) in [6.45, 7) is 4.28. The molecule has 0 bridgehead atoms. The minimum Gasteiger partial charge on any atom is -0.494 e. The first-order valence-corrected chi connectivity index (χ1v) is 10.9. The quantitative estimate of drug-likeness (QED) is 0.589. The largest absolute Gasteiger partial charge is 0.494 e. The molecule has 0 saturated carbocycles. The van der Waals surface area contributed by atoms with Crippen LogP contribution in [0.4, 0.5) is 0 Å². The Bertz CT molecular complexity index is 911. The first-order chi connectivity index (χ1) is 13.7. The molecule has 5 heteroatoms. The second-order valence-electron chi connectivity index (χ2n) is 7.22. The predicted octanol–water partition coefficient (Wildman–Crippen LogP) is 5.03. The van der Waals surface area contributed by atoms with E-state index in [9.17, 15) is 4.79 Å². The van der Waals surface area contributed by atoms with E-state index < -0.39 is 0 Å². The average Bonchev–Trinajstić information content (AvgIpc) is 3.17. The number of carbonyl (C=O) groups is 1. The van der Waals surface area contributed by atoms with Gasteiger partial charge in [-0.1, -0.05) is 30.3 Å². The van der Waals surface area contributed by atoms with Crippen LogP contribution in [0.25, 0.3) is 10.2 Å². The lowest BCUT2D eigenvalue weighted by atomic mass is 9.97. The number of para-hydroxylation sites is 2. The van der Waals surface area contributed by atoms with Crippen LogP contribution >= 0.6 is 11.3 Å². The molecular formula is C23H26N2O2S. The van der Waals surface area contributed by atoms with E-state index in [0.717, 1.165) is 49.2 Å². The lowest BCUT2D eigenvalue weighted by Gasteiger charge is -2.31. The summed E-state index contributed by atoms with van der Waals surface area (Å²) in [5, 5.41) is 1.22. The van der Waals surface area contributed by atoms with Crippen molar-refractivity contribution in [3.8, 4) is 5.75 Å². The number of rotatable bonds is 6. The molecule has 1 aromatic heterocycles. The highest BCUT2D eigenvalue weighted by Gasteiger charge is 2.25. The molecule has 146 valence electrons. The molecule has 2 heterocycles. The second-order valence-corrected chi connectivity index (χ2v) is 8.28. The summed E-state index contributed by atoms with van der Waals surface area (Å²) >= 11 is 1.80. The van der Waals surface area contributed by atoms with Crippen molar-refractivity contribution in [3.05, 3.63) is 59.1 Å². The number of hydrogen-bond acceptors (Lipinski definition) is 4. The number of aromatic nitrogens is 1. The van der Waals surface area contributed by atoms with Gasteiger partial charge in [-0.25, -0.2) is 4.98 Å². The molecule has 4 rings (SSSR count). The first-order valence-electron chi connectivity index (χ1n) is 10.1. The molecule has 4 nitrogen and oxygen atoms in total. The molecule has 0 aliphatic carbocycles. The van der Waals surface area contributed by atoms with Crippen LogP contribution in [0.1, 0.15) is 42.7 Å². The van der Waals surface area contributed by atoms with Gasteiger partial charge in [0.15, 0.2) is 0 Å². The van der Waals surface area contributed by atoms with Gasteiger partial charge in [-0.3, -0.25) is 4.79 Å². The van der Waals surface area contributed by atoms with Gasteiger partial charge < -0.3 is 9.64 Å². The molecule has 0 radical (unpaired) electrons. The van der Waals surface area contributed by atoms with Crippen LogP contribution in [-0.4, -0.2) is 35.5 Å². The Kier molecular flexibility index (Phi) is 5.91. The summed E-state index contributed by atoms with van der Waals surface area (Å²) in [5.74, 6) is 1.61. The Morgan fingerprint density at radius 3 is 2.68 bits per heavy atom. The smallest absolute Gasteiger partial charge is 0.222 e. The highest BCUT2D eigenvalue weighted by Crippen LogP contribution is 2.34. The lowest BCUT2D eigenvalue weighted by Crippen LogP contribution is -2.38. The van der Waals surface area contributed by atoms with Gasteiger partial charge >= 0.3 is 0 Å². The van der Waals surface area contributed by atoms with Crippen molar-refractivity contribution >= 4 is 27.5 Å². The van der Waals surface area contributed by atoms with E-state index in [-0.39, 0.29) is 5.91 Å². The zero-order chi connectivity index (χ0) is 19.3. The van der Waals surface area contributed by atoms with Gasteiger partial charge in [0.1, 0.15) is 5.75 Å². The van der Waals surface area contributed by atoms with E-state index >= 15 is 0 Å². The molecule has 1 amide bonds. The van der Waals surface area contributed by atoms with Gasteiger partial charge in [0, 0.05) is 25.4 Å². The van der Waals surface area contributed by atoms with Gasteiger partial charge in [-0.2, -0.15) is 0 Å². The standard InChI is InChI=1S/C23H26N2O2S/c1-2-27-20-9-5-3-7-17(20)11-12-22(26)25-15-13-18(14-16-25)23-24-19-8-4-6-10-21(19)28-23/h3-10,18H,2,11-16H2,1H3. The van der Waals surface area contributed by atoms with E-state index in [1.165, 1.54) is 9.71 Å². The van der Waals surface area contributed by atoms with Crippen LogP contribution in [0.3, 0.4) is 0 Å². The zero-order valence-electron chi connectivity index (χ0n) is 16.3. The van der Waals surface area contributed by atoms with Crippen molar-refractivity contribution in [2.75, 3.05) is 19.7 Å². The summed E-state index contributed by atoms with van der Waals surface area (Å²) in [7, 11) is 0. The van der Waals surface area contributed by atoms with Crippen molar-refractivity contribution in [1.82, 2.24) is 9.88 Å². The maximum absolute atomic E-state index is 12.7. The number of piperidine rings is 1. The maximum Gasteiger partial charge on any atom is 0.222 e. The van der Waals surface area contributed by atoms with Crippen molar-refractivity contribution in [3.63, 3.8) is 0 Å². The Labute approximate surface area is 170 Å². The Morgan fingerprint density at radius 2 is 1.89 bits per heavy atom. The van der Waals surface area contributed by atoms with Crippen LogP contribution in [0.5, 0.6) is 5.75 Å². The molecule has 0 unspecified atom stereocenters. The number of hydrogen-bond donors (Lipinski definition) is 0. The van der Waals surface area contributed by atoms with Crippen molar-refractivity contribution in [2.45, 2.75) is 38.5 Å². The lowest BCUT2D eigenvalue weighted by molar-refractivity contribution is -0.132. The number of amides is 1. The van der Waals surface area contributed by atoms with Crippen molar-refractivity contribution < 1.29 is 9.53 Å². The predicted molar refractivity (Wildman–Crippen MR) is 114 cm³/mol. The maximum atomic E-state index is 12.7. The van der Waals surface area contributed by atoms with Gasteiger partial charge in [0.05, 0.1) is 21.8 Å². The summed E-state index contributed by atoms with van der Waals surface area (Å²) in [6.07, 6.45) is 3.27. The Morgan fingerprint density at radius 1 is 1.14 bits per heavy atom. The van der Waals surface area contributed by atoms with E-state index in [1.807, 2.05) is 36.1 Å². The number of likely N-dealkylation sites (tertiary alicyclic amines) is 1. The molecule has 1 fully saturated rings. The van der Waals surface area contributed by atoms with Crippen LogP contribution < -0.4 is 4.74 Å². The molecule has 1 aliphatic heterocycles. The van der Waals surface area contributed by atoms with Crippen LogP contribution in [0.2, 0.25) is 0 Å². The number of ether oxygens (including phenoxy) is 1. The normalized spacial score (nSPS) is 15.1. The van der Waals surface area contributed by atoms with Crippen LogP contribution in [0, 0.1) is 0 Å². The molecule has 3 aromatic rings. The third kappa shape index (κ3) is 4.20. The fraction of sp³-hybridized carbons (Fsp3) is 0.391. The summed E-state index contributed by atoms with van der Waals surface area (Å²) in [6, 6.07) is 16.3. The van der Waals surface area contributed by atoms with Gasteiger partial charge in [0.2, 0.25) is 5.91 Å². The summed E-state index contributed by atoms with van der Waals surface area (Å²) in [4.78, 5) is 19.5. The second kappa shape index (κ2) is 8.74. The highest BCUT2D eigenvalue weighted by atomic mass is 32.1. The van der Waals surface area contributed by atoms with Gasteiger partial charge in [0.25, 0.3) is 0 Å². The molecule has 1 aliphatic rings. The van der Waals surface area contributed by atoms with E-state index in [1.54, 1.807) is 11.3 Å². The minimum absolute atomic E-state index is 0.244. The number of nitrogens with zero attached hydrogens (tertiary/aromatic N) is 2. The van der Waals surface area contributed by atoms with Gasteiger partial charge in [-0.15, -0.1) is 11.3 Å². The number of benzene rings is 2. The summed E-state index contributed by atoms with van der Waals surface area (Å²) < 4.78 is 6.93. The van der Waals surface area contributed by atoms with Crippen LogP contribution in [-0.2, 0) is 11.2 Å². The molecule has 2 aromatic carbocycles. The van der Waals surface area contributed by atoms with E-state index in [2.05, 4.69) is 24.3 Å². The van der Waals surface area contributed by atoms with Crippen molar-refractivity contribution in [1.29, 1.82) is 0 Å². The van der Waals surface area contributed by atoms with E-state index in [4.69, 9.17) is 9.72 Å². The fourth-order valence-corrected chi connectivity index (χ4v) is 4.98. The molecular weight excluding hydrogens is 368 g/mol. The summed E-state index contributed by atoms with van der Waals surface area (Å²) in [5.41, 5.74) is 2.20.